The van der Waals surface area contributed by atoms with E-state index in [1.807, 2.05) is 12.1 Å². The van der Waals surface area contributed by atoms with E-state index in [4.69, 9.17) is 4.74 Å². The van der Waals surface area contributed by atoms with Crippen LogP contribution in [0.4, 0.5) is 5.69 Å². The molecule has 2 aromatic rings. The van der Waals surface area contributed by atoms with Crippen molar-refractivity contribution in [2.75, 3.05) is 11.9 Å². The molecule has 1 atom stereocenters. The third-order valence-corrected chi connectivity index (χ3v) is 3.96. The number of aromatic nitrogens is 1. The number of nitrogens with zero attached hydrogens (tertiary/aromatic N) is 1. The van der Waals surface area contributed by atoms with Crippen LogP contribution in [0.3, 0.4) is 0 Å². The van der Waals surface area contributed by atoms with Crippen molar-refractivity contribution in [2.45, 2.75) is 45.3 Å². The van der Waals surface area contributed by atoms with Gasteiger partial charge < -0.3 is 14.6 Å². The summed E-state index contributed by atoms with van der Waals surface area (Å²) in [6.07, 6.45) is 5.82. The van der Waals surface area contributed by atoms with Crippen LogP contribution in [-0.2, 0) is 16.1 Å². The second kappa shape index (κ2) is 6.31. The Morgan fingerprint density at radius 2 is 2.33 bits per heavy atom. The summed E-state index contributed by atoms with van der Waals surface area (Å²) in [6, 6.07) is 8.18. The lowest BCUT2D eigenvalue weighted by atomic mass is 10.1. The third-order valence-electron chi connectivity index (χ3n) is 3.96. The Morgan fingerprint density at radius 3 is 3.10 bits per heavy atom. The van der Waals surface area contributed by atoms with Crippen molar-refractivity contribution in [3.8, 4) is 0 Å². The lowest BCUT2D eigenvalue weighted by Gasteiger charge is -2.10. The molecule has 4 heteroatoms. The van der Waals surface area contributed by atoms with Gasteiger partial charge in [0.05, 0.1) is 12.5 Å². The summed E-state index contributed by atoms with van der Waals surface area (Å²) in [5.74, 6) is 0.0363. The molecule has 112 valence electrons. The van der Waals surface area contributed by atoms with Crippen LogP contribution in [-0.4, -0.2) is 23.2 Å². The highest BCUT2D eigenvalue weighted by Gasteiger charge is 2.19. The average Bonchev–Trinajstić information content (AvgIpc) is 3.09. The zero-order valence-electron chi connectivity index (χ0n) is 12.5. The maximum Gasteiger partial charge on any atom is 0.226 e. The molecule has 0 bridgehead atoms. The van der Waals surface area contributed by atoms with Crippen LogP contribution in [0.25, 0.3) is 10.9 Å². The van der Waals surface area contributed by atoms with Gasteiger partial charge in [0.1, 0.15) is 0 Å². The lowest BCUT2D eigenvalue weighted by molar-refractivity contribution is -0.118. The Kier molecular flexibility index (Phi) is 4.25. The van der Waals surface area contributed by atoms with Crippen molar-refractivity contribution < 1.29 is 9.53 Å². The fourth-order valence-corrected chi connectivity index (χ4v) is 2.94. The number of carbonyl (C=O) groups is 1. The topological polar surface area (TPSA) is 43.3 Å². The number of anilines is 1. The first kappa shape index (κ1) is 14.1. The molecular weight excluding hydrogens is 264 g/mol. The summed E-state index contributed by atoms with van der Waals surface area (Å²) < 4.78 is 7.74. The average molecular weight is 286 g/mol. The van der Waals surface area contributed by atoms with E-state index >= 15 is 0 Å². The Balaban J connectivity index is 1.67. The zero-order chi connectivity index (χ0) is 14.7. The molecule has 1 N–H and O–H groups in total. The van der Waals surface area contributed by atoms with E-state index in [1.54, 1.807) is 0 Å². The molecule has 0 unspecified atom stereocenters. The minimum atomic E-state index is 0.0363. The molecule has 1 aromatic carbocycles. The van der Waals surface area contributed by atoms with Crippen molar-refractivity contribution in [3.05, 3.63) is 30.5 Å². The van der Waals surface area contributed by atoms with Gasteiger partial charge in [0.25, 0.3) is 0 Å². The van der Waals surface area contributed by atoms with Crippen LogP contribution in [0.5, 0.6) is 0 Å². The van der Waals surface area contributed by atoms with E-state index in [1.165, 1.54) is 10.9 Å². The second-order valence-electron chi connectivity index (χ2n) is 5.67. The molecule has 1 aliphatic heterocycles. The fraction of sp³-hybridized carbons (Fsp3) is 0.471. The number of nitrogens with one attached hydrogen (secondary N) is 1. The van der Waals surface area contributed by atoms with E-state index in [2.05, 4.69) is 35.1 Å². The van der Waals surface area contributed by atoms with E-state index in [0.717, 1.165) is 38.1 Å². The first-order valence-electron chi connectivity index (χ1n) is 7.76. The van der Waals surface area contributed by atoms with Crippen molar-refractivity contribution in [2.24, 2.45) is 0 Å². The molecule has 1 saturated heterocycles. The number of benzene rings is 1. The predicted octanol–water partition coefficient (Wildman–Crippen LogP) is 3.56. The van der Waals surface area contributed by atoms with Gasteiger partial charge >= 0.3 is 0 Å². The molecule has 1 aromatic heterocycles. The van der Waals surface area contributed by atoms with Crippen LogP contribution < -0.4 is 5.32 Å². The summed E-state index contributed by atoms with van der Waals surface area (Å²) in [5, 5.41) is 4.14. The minimum absolute atomic E-state index is 0.0363. The van der Waals surface area contributed by atoms with Gasteiger partial charge in [0.15, 0.2) is 0 Å². The number of rotatable bonds is 5. The molecule has 0 aliphatic carbocycles. The first-order valence-corrected chi connectivity index (χ1v) is 7.76. The molecule has 1 fully saturated rings. The first-order chi connectivity index (χ1) is 10.3. The number of aryl methyl sites for hydroxylation is 1. The maximum atomic E-state index is 12.0. The highest BCUT2D eigenvalue weighted by Crippen LogP contribution is 2.22. The lowest BCUT2D eigenvalue weighted by Crippen LogP contribution is -2.19. The number of fused-ring (bicyclic) bond motifs is 1. The number of carbonyl (C=O) groups excluding carboxylic acids is 1. The van der Waals surface area contributed by atoms with Crippen molar-refractivity contribution in [1.82, 2.24) is 4.57 Å². The number of hydrogen-bond donors (Lipinski definition) is 1. The van der Waals surface area contributed by atoms with Gasteiger partial charge in [0.2, 0.25) is 5.91 Å². The largest absolute Gasteiger partial charge is 0.378 e. The summed E-state index contributed by atoms with van der Waals surface area (Å²) in [6.45, 7) is 3.98. The smallest absolute Gasteiger partial charge is 0.226 e. The molecule has 0 spiro atoms. The van der Waals surface area contributed by atoms with Gasteiger partial charge in [-0.05, 0) is 43.5 Å². The normalized spacial score (nSPS) is 18.2. The van der Waals surface area contributed by atoms with Crippen molar-refractivity contribution in [1.29, 1.82) is 0 Å². The van der Waals surface area contributed by atoms with Crippen LogP contribution >= 0.6 is 0 Å². The second-order valence-corrected chi connectivity index (χ2v) is 5.67. The Morgan fingerprint density at radius 1 is 1.43 bits per heavy atom. The van der Waals surface area contributed by atoms with Crippen molar-refractivity contribution in [3.63, 3.8) is 0 Å². The minimum Gasteiger partial charge on any atom is -0.378 e. The summed E-state index contributed by atoms with van der Waals surface area (Å²) in [5.41, 5.74) is 2.08. The highest BCUT2D eigenvalue weighted by molar-refractivity contribution is 5.94. The number of amides is 1. The molecule has 3 rings (SSSR count). The zero-order valence-corrected chi connectivity index (χ0v) is 12.5. The Hall–Kier alpha value is -1.81. The van der Waals surface area contributed by atoms with E-state index in [0.29, 0.717) is 6.42 Å². The molecule has 4 nitrogen and oxygen atoms in total. The Labute approximate surface area is 125 Å². The maximum absolute atomic E-state index is 12.0. The molecule has 1 amide bonds. The monoisotopic (exact) mass is 286 g/mol. The van der Waals surface area contributed by atoms with Gasteiger partial charge in [-0.2, -0.15) is 0 Å². The van der Waals surface area contributed by atoms with Gasteiger partial charge in [-0.25, -0.2) is 0 Å². The SMILES string of the molecule is CCCn1ccc2cc(NC(=O)C[C@H]3CCCO3)ccc21. The number of ether oxygens (including phenoxy) is 1. The van der Waals surface area contributed by atoms with E-state index in [-0.39, 0.29) is 12.0 Å². The van der Waals surface area contributed by atoms with E-state index < -0.39 is 0 Å². The molecular formula is C17H22N2O2. The summed E-state index contributed by atoms with van der Waals surface area (Å²) in [4.78, 5) is 12.0. The van der Waals surface area contributed by atoms with Crippen molar-refractivity contribution >= 4 is 22.5 Å². The molecule has 1 aliphatic rings. The molecule has 21 heavy (non-hydrogen) atoms. The number of hydrogen-bond acceptors (Lipinski definition) is 2. The van der Waals surface area contributed by atoms with Gasteiger partial charge in [0, 0.05) is 35.9 Å². The standard InChI is InChI=1S/C17H22N2O2/c1-2-8-19-9-7-13-11-14(5-6-16(13)19)18-17(20)12-15-4-3-10-21-15/h5-7,9,11,15H,2-4,8,10,12H2,1H3,(H,18,20)/t15-/m1/s1. The van der Waals surface area contributed by atoms with Gasteiger partial charge in [-0.3, -0.25) is 4.79 Å². The molecule has 0 saturated carbocycles. The highest BCUT2D eigenvalue weighted by atomic mass is 16.5. The third kappa shape index (κ3) is 3.27. The van der Waals surface area contributed by atoms with Crippen LogP contribution in [0, 0.1) is 0 Å². The summed E-state index contributed by atoms with van der Waals surface area (Å²) >= 11 is 0. The summed E-state index contributed by atoms with van der Waals surface area (Å²) in [7, 11) is 0. The van der Waals surface area contributed by atoms with Crippen LogP contribution in [0.15, 0.2) is 30.5 Å². The fourth-order valence-electron chi connectivity index (χ4n) is 2.94. The van der Waals surface area contributed by atoms with Crippen LogP contribution in [0.1, 0.15) is 32.6 Å². The van der Waals surface area contributed by atoms with E-state index in [9.17, 15) is 4.79 Å². The van der Waals surface area contributed by atoms with Gasteiger partial charge in [-0.15, -0.1) is 0 Å². The quantitative estimate of drug-likeness (QED) is 0.913. The molecule has 2 heterocycles. The predicted molar refractivity (Wildman–Crippen MR) is 84.4 cm³/mol. The Bertz CT molecular complexity index is 627. The molecule has 0 radical (unpaired) electrons. The van der Waals surface area contributed by atoms with Gasteiger partial charge in [-0.1, -0.05) is 6.92 Å². The van der Waals surface area contributed by atoms with Crippen LogP contribution in [0.2, 0.25) is 0 Å².